The summed E-state index contributed by atoms with van der Waals surface area (Å²) in [5.74, 6) is 1.40. The third-order valence-corrected chi connectivity index (χ3v) is 4.98. The van der Waals surface area contributed by atoms with E-state index in [4.69, 9.17) is 0 Å². The number of guanidine groups is 1. The summed E-state index contributed by atoms with van der Waals surface area (Å²) in [6.45, 7) is 6.46. The summed E-state index contributed by atoms with van der Waals surface area (Å²) >= 11 is 0. The molecule has 1 fully saturated rings. The Morgan fingerprint density at radius 1 is 1.31 bits per heavy atom. The molecule has 156 valence electrons. The maximum absolute atomic E-state index is 11.8. The van der Waals surface area contributed by atoms with Crippen LogP contribution in [0.15, 0.2) is 41.7 Å². The first-order chi connectivity index (χ1) is 13.9. The summed E-state index contributed by atoms with van der Waals surface area (Å²) in [4.78, 5) is 18.5. The minimum Gasteiger partial charge on any atom is -0.352 e. The highest BCUT2D eigenvalue weighted by Crippen LogP contribution is 2.26. The highest BCUT2D eigenvalue weighted by Gasteiger charge is 2.26. The number of urea groups is 1. The molecule has 1 saturated heterocycles. The van der Waals surface area contributed by atoms with Gasteiger partial charge >= 0.3 is 6.03 Å². The molecule has 0 bridgehead atoms. The number of anilines is 1. The van der Waals surface area contributed by atoms with Crippen molar-refractivity contribution in [2.75, 3.05) is 25.5 Å². The van der Waals surface area contributed by atoms with Crippen LogP contribution in [0.4, 0.5) is 10.5 Å². The molecule has 2 aromatic rings. The van der Waals surface area contributed by atoms with Gasteiger partial charge in [0, 0.05) is 57.6 Å². The van der Waals surface area contributed by atoms with E-state index in [1.54, 1.807) is 0 Å². The Bertz CT molecular complexity index is 841. The number of aromatic nitrogens is 2. The average molecular weight is 398 g/mol. The van der Waals surface area contributed by atoms with E-state index in [2.05, 4.69) is 37.1 Å². The molecule has 1 unspecified atom stereocenters. The molecule has 8 nitrogen and oxygen atoms in total. The van der Waals surface area contributed by atoms with Crippen molar-refractivity contribution in [3.8, 4) is 0 Å². The van der Waals surface area contributed by atoms with Gasteiger partial charge in [0.15, 0.2) is 5.96 Å². The molecule has 1 atom stereocenters. The van der Waals surface area contributed by atoms with Gasteiger partial charge in [0.1, 0.15) is 0 Å². The third-order valence-electron chi connectivity index (χ3n) is 4.98. The van der Waals surface area contributed by atoms with Crippen LogP contribution in [0, 0.1) is 0 Å². The second-order valence-electron chi connectivity index (χ2n) is 7.73. The van der Waals surface area contributed by atoms with E-state index < -0.39 is 0 Å². The summed E-state index contributed by atoms with van der Waals surface area (Å²) in [7, 11) is 3.77. The first kappa shape index (κ1) is 20.7. The zero-order valence-corrected chi connectivity index (χ0v) is 17.6. The van der Waals surface area contributed by atoms with E-state index in [1.807, 2.05) is 63.1 Å². The third kappa shape index (κ3) is 5.73. The number of aliphatic imine (C=N–C) groups is 1. The maximum Gasteiger partial charge on any atom is 0.319 e. The van der Waals surface area contributed by atoms with Crippen molar-refractivity contribution in [1.82, 2.24) is 25.3 Å². The number of carbonyl (C=O) groups excluding carboxylic acids is 1. The van der Waals surface area contributed by atoms with Crippen LogP contribution in [0.5, 0.6) is 0 Å². The van der Waals surface area contributed by atoms with Crippen LogP contribution < -0.4 is 16.0 Å². The van der Waals surface area contributed by atoms with Crippen LogP contribution in [-0.2, 0) is 13.6 Å². The first-order valence-electron chi connectivity index (χ1n) is 10.0. The number of nitrogens with one attached hydrogen (secondary N) is 3. The van der Waals surface area contributed by atoms with Gasteiger partial charge in [0.25, 0.3) is 0 Å². The highest BCUT2D eigenvalue weighted by atomic mass is 16.2. The number of aryl methyl sites for hydroxylation is 1. The summed E-state index contributed by atoms with van der Waals surface area (Å²) in [5, 5.41) is 13.4. The molecular weight excluding hydrogens is 366 g/mol. The van der Waals surface area contributed by atoms with Crippen LogP contribution in [0.25, 0.3) is 0 Å². The summed E-state index contributed by atoms with van der Waals surface area (Å²) in [6.07, 6.45) is 5.16. The van der Waals surface area contributed by atoms with Crippen molar-refractivity contribution in [1.29, 1.82) is 0 Å². The van der Waals surface area contributed by atoms with Crippen molar-refractivity contribution in [3.05, 3.63) is 47.8 Å². The number of amides is 2. The lowest BCUT2D eigenvalue weighted by Gasteiger charge is -2.21. The van der Waals surface area contributed by atoms with Crippen molar-refractivity contribution in [2.45, 2.75) is 38.8 Å². The minimum atomic E-state index is -0.191. The number of hydrogen-bond acceptors (Lipinski definition) is 3. The largest absolute Gasteiger partial charge is 0.352 e. The van der Waals surface area contributed by atoms with E-state index >= 15 is 0 Å². The van der Waals surface area contributed by atoms with Crippen LogP contribution >= 0.6 is 0 Å². The van der Waals surface area contributed by atoms with Gasteiger partial charge in [-0.15, -0.1) is 0 Å². The molecule has 1 aromatic heterocycles. The second kappa shape index (κ2) is 9.45. The number of hydrogen-bond donors (Lipinski definition) is 3. The molecule has 2 heterocycles. The van der Waals surface area contributed by atoms with Crippen molar-refractivity contribution in [2.24, 2.45) is 12.0 Å². The molecule has 1 aliphatic heterocycles. The Balaban J connectivity index is 1.50. The van der Waals surface area contributed by atoms with Gasteiger partial charge < -0.3 is 20.9 Å². The fraction of sp³-hybridized carbons (Fsp3) is 0.476. The zero-order valence-electron chi connectivity index (χ0n) is 17.6. The molecule has 1 aromatic carbocycles. The van der Waals surface area contributed by atoms with Crippen LogP contribution in [0.2, 0.25) is 0 Å². The number of nitrogens with zero attached hydrogens (tertiary/aromatic N) is 4. The standard InChI is InChI=1S/C21H31N7O/c1-15(2)25-21(29)26-19-7-5-16(6-8-19)11-23-20(22-3)28-10-9-17(14-28)18-12-24-27(4)13-18/h5-8,12-13,15,17H,9-11,14H2,1-4H3,(H,22,23)(H2,25,26,29). The Kier molecular flexibility index (Phi) is 6.74. The Morgan fingerprint density at radius 3 is 2.69 bits per heavy atom. The quantitative estimate of drug-likeness (QED) is 0.534. The zero-order chi connectivity index (χ0) is 20.8. The molecule has 0 saturated carbocycles. The lowest BCUT2D eigenvalue weighted by molar-refractivity contribution is 0.250. The number of benzene rings is 1. The van der Waals surface area contributed by atoms with Crippen molar-refractivity contribution in [3.63, 3.8) is 0 Å². The van der Waals surface area contributed by atoms with Crippen molar-refractivity contribution >= 4 is 17.7 Å². The van der Waals surface area contributed by atoms with Gasteiger partial charge in [-0.1, -0.05) is 12.1 Å². The normalized spacial score (nSPS) is 16.9. The maximum atomic E-state index is 11.8. The van der Waals surface area contributed by atoms with Gasteiger partial charge in [-0.3, -0.25) is 9.67 Å². The summed E-state index contributed by atoms with van der Waals surface area (Å²) in [5.41, 5.74) is 3.19. The number of rotatable bonds is 5. The first-order valence-corrected chi connectivity index (χ1v) is 10.0. The van der Waals surface area contributed by atoms with E-state index in [0.29, 0.717) is 12.5 Å². The van der Waals surface area contributed by atoms with Crippen LogP contribution in [0.1, 0.15) is 37.3 Å². The number of carbonyl (C=O) groups is 1. The predicted molar refractivity (Wildman–Crippen MR) is 116 cm³/mol. The fourth-order valence-corrected chi connectivity index (χ4v) is 3.52. The smallest absolute Gasteiger partial charge is 0.319 e. The van der Waals surface area contributed by atoms with E-state index in [0.717, 1.165) is 36.7 Å². The lowest BCUT2D eigenvalue weighted by Crippen LogP contribution is -2.39. The summed E-state index contributed by atoms with van der Waals surface area (Å²) in [6, 6.07) is 7.75. The molecule has 2 amide bonds. The SMILES string of the molecule is CN=C(NCc1ccc(NC(=O)NC(C)C)cc1)N1CCC(c2cnn(C)c2)C1. The molecule has 0 radical (unpaired) electrons. The highest BCUT2D eigenvalue weighted by molar-refractivity contribution is 5.89. The fourth-order valence-electron chi connectivity index (χ4n) is 3.52. The molecule has 1 aliphatic rings. The molecular formula is C21H31N7O. The second-order valence-corrected chi connectivity index (χ2v) is 7.73. The van der Waals surface area contributed by atoms with Gasteiger partial charge in [0.05, 0.1) is 6.20 Å². The Labute approximate surface area is 172 Å². The van der Waals surface area contributed by atoms with Crippen molar-refractivity contribution < 1.29 is 4.79 Å². The molecule has 8 heteroatoms. The van der Waals surface area contributed by atoms with Gasteiger partial charge in [-0.05, 0) is 43.5 Å². The predicted octanol–water partition coefficient (Wildman–Crippen LogP) is 2.51. The molecule has 29 heavy (non-hydrogen) atoms. The average Bonchev–Trinajstić information content (AvgIpc) is 3.32. The van der Waals surface area contributed by atoms with Crippen LogP contribution in [-0.4, -0.2) is 52.9 Å². The topological polar surface area (TPSA) is 86.6 Å². The molecule has 3 rings (SSSR count). The number of likely N-dealkylation sites (tertiary alicyclic amines) is 1. The van der Waals surface area contributed by atoms with Gasteiger partial charge in [0.2, 0.25) is 0 Å². The van der Waals surface area contributed by atoms with Gasteiger partial charge in [-0.2, -0.15) is 5.10 Å². The summed E-state index contributed by atoms with van der Waals surface area (Å²) < 4.78 is 1.86. The monoisotopic (exact) mass is 397 g/mol. The molecule has 0 aliphatic carbocycles. The minimum absolute atomic E-state index is 0.105. The Morgan fingerprint density at radius 2 is 2.07 bits per heavy atom. The van der Waals surface area contributed by atoms with E-state index in [1.165, 1.54) is 5.56 Å². The molecule has 3 N–H and O–H groups in total. The molecule has 0 spiro atoms. The van der Waals surface area contributed by atoms with Crippen LogP contribution in [0.3, 0.4) is 0 Å². The van der Waals surface area contributed by atoms with E-state index in [-0.39, 0.29) is 12.1 Å². The van der Waals surface area contributed by atoms with E-state index in [9.17, 15) is 4.79 Å². The van der Waals surface area contributed by atoms with Gasteiger partial charge in [-0.25, -0.2) is 4.79 Å². The lowest BCUT2D eigenvalue weighted by atomic mass is 10.0. The Hall–Kier alpha value is -3.03.